The Kier molecular flexibility index (Phi) is 7.04. The van der Waals surface area contributed by atoms with E-state index in [2.05, 4.69) is 17.3 Å². The summed E-state index contributed by atoms with van der Waals surface area (Å²) in [4.78, 5) is 12.2. The minimum absolute atomic E-state index is 0.148. The van der Waals surface area contributed by atoms with Crippen molar-refractivity contribution >= 4 is 5.91 Å². The molecule has 0 atom stereocenters. The van der Waals surface area contributed by atoms with Crippen LogP contribution in [0.2, 0.25) is 0 Å². The number of rotatable bonds is 9. The van der Waals surface area contributed by atoms with Crippen LogP contribution in [0, 0.1) is 6.92 Å². The van der Waals surface area contributed by atoms with Crippen molar-refractivity contribution in [3.8, 4) is 5.75 Å². The van der Waals surface area contributed by atoms with E-state index < -0.39 is 17.8 Å². The van der Waals surface area contributed by atoms with Crippen LogP contribution in [0.5, 0.6) is 5.75 Å². The van der Waals surface area contributed by atoms with Gasteiger partial charge in [0.25, 0.3) is 5.91 Å². The molecular weight excluding hydrogens is 411 g/mol. The Morgan fingerprint density at radius 2 is 1.94 bits per heavy atom. The summed E-state index contributed by atoms with van der Waals surface area (Å²) >= 11 is 0. The van der Waals surface area contributed by atoms with Gasteiger partial charge in [-0.25, -0.2) is 0 Å². The Balaban J connectivity index is 1.43. The number of nitrogens with zero attached hydrogens (tertiary/aromatic N) is 2. The van der Waals surface area contributed by atoms with Crippen LogP contribution in [0.15, 0.2) is 46.9 Å². The van der Waals surface area contributed by atoms with E-state index in [9.17, 15) is 18.0 Å². The lowest BCUT2D eigenvalue weighted by Gasteiger charge is -2.06. The molecule has 0 bridgehead atoms. The molecule has 0 aliphatic heterocycles. The summed E-state index contributed by atoms with van der Waals surface area (Å²) in [7, 11) is 0. The average Bonchev–Trinajstić information content (AvgIpc) is 3.36. The van der Waals surface area contributed by atoms with Crippen LogP contribution in [0.3, 0.4) is 0 Å². The molecule has 2 heterocycles. The summed E-state index contributed by atoms with van der Waals surface area (Å²) in [5.41, 5.74) is 0.715. The number of amides is 1. The van der Waals surface area contributed by atoms with Crippen molar-refractivity contribution < 1.29 is 27.1 Å². The zero-order valence-corrected chi connectivity index (χ0v) is 17.3. The second-order valence-corrected chi connectivity index (χ2v) is 7.05. The Morgan fingerprint density at radius 3 is 2.58 bits per heavy atom. The Morgan fingerprint density at radius 1 is 1.19 bits per heavy atom. The summed E-state index contributed by atoms with van der Waals surface area (Å²) in [6.45, 7) is 4.36. The predicted octanol–water partition coefficient (Wildman–Crippen LogP) is 4.76. The molecule has 3 rings (SSSR count). The number of ether oxygens (including phenoxy) is 1. The van der Waals surface area contributed by atoms with Gasteiger partial charge in [0.15, 0.2) is 11.5 Å². The lowest BCUT2D eigenvalue weighted by atomic mass is 10.2. The third-order valence-electron chi connectivity index (χ3n) is 4.70. The lowest BCUT2D eigenvalue weighted by molar-refractivity contribution is -0.141. The molecule has 1 N–H and O–H groups in total. The van der Waals surface area contributed by atoms with Crippen LogP contribution in [0.25, 0.3) is 0 Å². The molecule has 0 aliphatic rings. The first-order valence-electron chi connectivity index (χ1n) is 9.96. The lowest BCUT2D eigenvalue weighted by Crippen LogP contribution is -2.25. The molecule has 0 radical (unpaired) electrons. The van der Waals surface area contributed by atoms with Gasteiger partial charge in [-0.15, -0.1) is 0 Å². The van der Waals surface area contributed by atoms with Crippen molar-refractivity contribution in [2.75, 3.05) is 6.54 Å². The molecule has 0 saturated heterocycles. The molecule has 2 aromatic heterocycles. The number of carbonyl (C=O) groups is 1. The van der Waals surface area contributed by atoms with Crippen LogP contribution in [0.1, 0.15) is 46.6 Å². The van der Waals surface area contributed by atoms with Gasteiger partial charge < -0.3 is 14.5 Å². The zero-order chi connectivity index (χ0) is 22.4. The van der Waals surface area contributed by atoms with Gasteiger partial charge in [-0.1, -0.05) is 19.1 Å². The highest BCUT2D eigenvalue weighted by molar-refractivity contribution is 5.91. The van der Waals surface area contributed by atoms with Crippen LogP contribution in [-0.4, -0.2) is 22.2 Å². The molecule has 6 nitrogen and oxygen atoms in total. The number of benzene rings is 1. The van der Waals surface area contributed by atoms with Gasteiger partial charge in [-0.05, 0) is 55.7 Å². The maximum Gasteiger partial charge on any atom is 0.435 e. The molecule has 3 aromatic rings. The number of hydrogen-bond donors (Lipinski definition) is 1. The summed E-state index contributed by atoms with van der Waals surface area (Å²) in [6, 6.07) is 12.0. The van der Waals surface area contributed by atoms with Gasteiger partial charge in [0, 0.05) is 18.8 Å². The van der Waals surface area contributed by atoms with Gasteiger partial charge in [0.1, 0.15) is 18.1 Å². The van der Waals surface area contributed by atoms with E-state index in [4.69, 9.17) is 9.15 Å². The molecule has 0 saturated carbocycles. The maximum absolute atomic E-state index is 12.7. The first-order valence-corrected chi connectivity index (χ1v) is 9.96. The molecule has 9 heteroatoms. The van der Waals surface area contributed by atoms with Crippen molar-refractivity contribution in [2.24, 2.45) is 0 Å². The first-order chi connectivity index (χ1) is 14.8. The number of hydrogen-bond acceptors (Lipinski definition) is 4. The normalized spacial score (nSPS) is 11.5. The molecular formula is C22H24F3N3O3. The van der Waals surface area contributed by atoms with E-state index in [0.29, 0.717) is 23.6 Å². The number of aryl methyl sites for hydroxylation is 3. The van der Waals surface area contributed by atoms with Crippen LogP contribution in [0.4, 0.5) is 13.2 Å². The van der Waals surface area contributed by atoms with Crippen molar-refractivity contribution in [1.29, 1.82) is 0 Å². The summed E-state index contributed by atoms with van der Waals surface area (Å²) < 4.78 is 50.5. The number of halogens is 3. The van der Waals surface area contributed by atoms with Gasteiger partial charge in [0.05, 0.1) is 0 Å². The van der Waals surface area contributed by atoms with E-state index >= 15 is 0 Å². The molecule has 1 amide bonds. The van der Waals surface area contributed by atoms with Crippen molar-refractivity contribution in [2.45, 2.75) is 46.0 Å². The summed E-state index contributed by atoms with van der Waals surface area (Å²) in [5.74, 6) is 0.972. The fourth-order valence-corrected chi connectivity index (χ4v) is 2.95. The van der Waals surface area contributed by atoms with Crippen LogP contribution >= 0.6 is 0 Å². The van der Waals surface area contributed by atoms with Gasteiger partial charge in [-0.2, -0.15) is 18.3 Å². The molecule has 0 spiro atoms. The first kappa shape index (κ1) is 22.5. The smallest absolute Gasteiger partial charge is 0.435 e. The fourth-order valence-electron chi connectivity index (χ4n) is 2.95. The number of aromatic nitrogens is 2. The number of carbonyl (C=O) groups excluding carboxylic acids is 1. The minimum atomic E-state index is -4.47. The zero-order valence-electron chi connectivity index (χ0n) is 17.3. The highest BCUT2D eigenvalue weighted by atomic mass is 19.4. The van der Waals surface area contributed by atoms with E-state index in [1.165, 1.54) is 10.2 Å². The highest BCUT2D eigenvalue weighted by Crippen LogP contribution is 2.28. The van der Waals surface area contributed by atoms with E-state index in [1.807, 2.05) is 24.3 Å². The standard InChI is InChI=1S/C22H24F3N3O3/c1-3-16-5-7-17(8-6-16)30-14-18-9-10-19(31-18)21(29)26-11-4-12-28-15(2)13-20(27-28)22(23,24)25/h5-10,13H,3-4,11-12,14H2,1-2H3,(H,26,29). The third-order valence-corrected chi connectivity index (χ3v) is 4.70. The second kappa shape index (κ2) is 9.72. The number of furan rings is 1. The summed E-state index contributed by atoms with van der Waals surface area (Å²) in [6.07, 6.45) is -3.09. The van der Waals surface area contributed by atoms with Gasteiger partial charge >= 0.3 is 6.18 Å². The topological polar surface area (TPSA) is 69.3 Å². The molecule has 0 aliphatic carbocycles. The highest BCUT2D eigenvalue weighted by Gasteiger charge is 2.34. The maximum atomic E-state index is 12.7. The molecule has 0 unspecified atom stereocenters. The number of nitrogens with one attached hydrogen (secondary N) is 1. The Bertz CT molecular complexity index is 1010. The van der Waals surface area contributed by atoms with Crippen molar-refractivity contribution in [1.82, 2.24) is 15.1 Å². The average molecular weight is 435 g/mol. The van der Waals surface area contributed by atoms with E-state index in [-0.39, 0.29) is 25.5 Å². The monoisotopic (exact) mass is 435 g/mol. The number of alkyl halides is 3. The molecule has 1 aromatic carbocycles. The van der Waals surface area contributed by atoms with Crippen LogP contribution in [-0.2, 0) is 25.7 Å². The fraction of sp³-hybridized carbons (Fsp3) is 0.364. The minimum Gasteiger partial charge on any atom is -0.486 e. The molecule has 31 heavy (non-hydrogen) atoms. The predicted molar refractivity (Wildman–Crippen MR) is 108 cm³/mol. The summed E-state index contributed by atoms with van der Waals surface area (Å²) in [5, 5.41) is 6.25. The van der Waals surface area contributed by atoms with Crippen LogP contribution < -0.4 is 10.1 Å². The van der Waals surface area contributed by atoms with E-state index in [1.54, 1.807) is 19.1 Å². The molecule has 166 valence electrons. The molecule has 0 fully saturated rings. The van der Waals surface area contributed by atoms with Gasteiger partial charge in [0.2, 0.25) is 0 Å². The van der Waals surface area contributed by atoms with Gasteiger partial charge in [-0.3, -0.25) is 9.48 Å². The SMILES string of the molecule is CCc1ccc(OCc2ccc(C(=O)NCCCn3nc(C(F)(F)F)cc3C)o2)cc1. The Labute approximate surface area is 178 Å². The van der Waals surface area contributed by atoms with Crippen molar-refractivity contribution in [3.05, 3.63) is 70.9 Å². The Hall–Kier alpha value is -3.23. The van der Waals surface area contributed by atoms with E-state index in [0.717, 1.165) is 12.5 Å². The second-order valence-electron chi connectivity index (χ2n) is 7.05. The third kappa shape index (κ3) is 6.13. The van der Waals surface area contributed by atoms with Crippen molar-refractivity contribution in [3.63, 3.8) is 0 Å². The largest absolute Gasteiger partial charge is 0.486 e. The quantitative estimate of drug-likeness (QED) is 0.492.